The quantitative estimate of drug-likeness (QED) is 0.398. The Hall–Kier alpha value is -4.48. The highest BCUT2D eigenvalue weighted by Crippen LogP contribution is 2.50. The van der Waals surface area contributed by atoms with Crippen LogP contribution in [0.5, 0.6) is 0 Å². The van der Waals surface area contributed by atoms with Crippen LogP contribution in [-0.2, 0) is 15.9 Å². The van der Waals surface area contributed by atoms with E-state index in [9.17, 15) is 10.1 Å². The molecule has 0 saturated carbocycles. The third-order valence-corrected chi connectivity index (χ3v) is 8.11. The summed E-state index contributed by atoms with van der Waals surface area (Å²) >= 11 is 1.52. The summed E-state index contributed by atoms with van der Waals surface area (Å²) in [6.07, 6.45) is 7.83. The van der Waals surface area contributed by atoms with Gasteiger partial charge in [-0.3, -0.25) is 14.4 Å². The van der Waals surface area contributed by atoms with Crippen LogP contribution in [0.2, 0.25) is 0 Å². The van der Waals surface area contributed by atoms with Crippen molar-refractivity contribution in [3.63, 3.8) is 0 Å². The maximum absolute atomic E-state index is 14.2. The molecule has 5 rings (SSSR count). The first-order valence-electron chi connectivity index (χ1n) is 11.8. The van der Waals surface area contributed by atoms with E-state index < -0.39 is 11.1 Å². The van der Waals surface area contributed by atoms with Crippen LogP contribution in [-0.4, -0.2) is 33.6 Å². The number of amides is 1. The molecule has 2 atom stereocenters. The highest BCUT2D eigenvalue weighted by molar-refractivity contribution is 7.10. The summed E-state index contributed by atoms with van der Waals surface area (Å²) in [6, 6.07) is 23.5. The van der Waals surface area contributed by atoms with Crippen molar-refractivity contribution in [1.82, 2.24) is 14.7 Å². The van der Waals surface area contributed by atoms with Gasteiger partial charge in [0.1, 0.15) is 5.54 Å². The summed E-state index contributed by atoms with van der Waals surface area (Å²) in [5.74, 6) is -0.0333. The molecule has 1 aliphatic heterocycles. The van der Waals surface area contributed by atoms with Crippen LogP contribution >= 0.6 is 11.3 Å². The second-order valence-corrected chi connectivity index (χ2v) is 10.0. The summed E-state index contributed by atoms with van der Waals surface area (Å²) in [7, 11) is 1.65. The number of allylic oxidation sites excluding steroid dienone is 1. The topological polar surface area (TPSA) is 100 Å². The molecule has 37 heavy (non-hydrogen) atoms. The highest BCUT2D eigenvalue weighted by Gasteiger charge is 2.61. The number of aliphatic imine (C=N–C) groups is 1. The number of guanidine groups is 1. The molecule has 8 heteroatoms. The van der Waals surface area contributed by atoms with Crippen molar-refractivity contribution < 1.29 is 4.79 Å². The molecule has 0 saturated heterocycles. The van der Waals surface area contributed by atoms with E-state index in [0.717, 1.165) is 21.6 Å². The Balaban J connectivity index is 1.67. The van der Waals surface area contributed by atoms with E-state index in [-0.39, 0.29) is 11.9 Å². The lowest BCUT2D eigenvalue weighted by Crippen LogP contribution is -2.65. The largest absolute Gasteiger partial charge is 0.369 e. The average molecular weight is 507 g/mol. The first kappa shape index (κ1) is 24.2. The molecule has 0 aliphatic carbocycles. The summed E-state index contributed by atoms with van der Waals surface area (Å²) in [5, 5.41) is 15.9. The number of nitrogens with zero attached hydrogens (tertiary/aromatic N) is 5. The van der Waals surface area contributed by atoms with E-state index in [1.807, 2.05) is 91.3 Å². The van der Waals surface area contributed by atoms with Crippen molar-refractivity contribution in [2.45, 2.75) is 24.4 Å². The summed E-state index contributed by atoms with van der Waals surface area (Å²) < 4.78 is 1.72. The van der Waals surface area contributed by atoms with Crippen molar-refractivity contribution in [3.05, 3.63) is 107 Å². The lowest BCUT2D eigenvalue weighted by Gasteiger charge is -2.49. The smallest absolute Gasteiger partial charge is 0.260 e. The molecule has 1 amide bonds. The van der Waals surface area contributed by atoms with Gasteiger partial charge in [-0.25, -0.2) is 4.99 Å². The molecule has 3 heterocycles. The fourth-order valence-electron chi connectivity index (χ4n) is 4.88. The standard InChI is InChI=1S/C29H26N6OS/c1-28(25-18-24(20-37-25)23-13-6-11-22(17-23)19-30)29(35-16-8-15-32-35,26(36)34(2)27(31)33-28)14-7-12-21-9-4-3-5-10-21/h3-13,15-18,20H,14H2,1-2H3,(H2,31,33). The molecule has 1 aliphatic rings. The van der Waals surface area contributed by atoms with Gasteiger partial charge in [0.05, 0.1) is 11.6 Å². The second kappa shape index (κ2) is 9.52. The Bertz CT molecular complexity index is 1530. The third-order valence-electron chi connectivity index (χ3n) is 6.97. The zero-order chi connectivity index (χ0) is 26.0. The molecule has 0 spiro atoms. The van der Waals surface area contributed by atoms with Gasteiger partial charge in [-0.05, 0) is 53.3 Å². The minimum Gasteiger partial charge on any atom is -0.369 e. The first-order chi connectivity index (χ1) is 17.9. The number of hydrogen-bond donors (Lipinski definition) is 1. The van der Waals surface area contributed by atoms with Crippen LogP contribution in [0, 0.1) is 11.3 Å². The van der Waals surface area contributed by atoms with Crippen LogP contribution in [0.1, 0.15) is 29.3 Å². The van der Waals surface area contributed by atoms with Crippen molar-refractivity contribution in [2.75, 3.05) is 7.05 Å². The van der Waals surface area contributed by atoms with E-state index in [1.165, 1.54) is 16.2 Å². The van der Waals surface area contributed by atoms with Crippen molar-refractivity contribution in [3.8, 4) is 17.2 Å². The van der Waals surface area contributed by atoms with E-state index >= 15 is 0 Å². The van der Waals surface area contributed by atoms with E-state index in [4.69, 9.17) is 10.7 Å². The number of hydrogen-bond acceptors (Lipinski definition) is 6. The van der Waals surface area contributed by atoms with Gasteiger partial charge in [-0.1, -0.05) is 54.6 Å². The van der Waals surface area contributed by atoms with Crippen LogP contribution in [0.25, 0.3) is 17.2 Å². The number of thiophene rings is 1. The molecule has 0 bridgehead atoms. The number of benzene rings is 2. The predicted octanol–water partition coefficient (Wildman–Crippen LogP) is 4.98. The SMILES string of the molecule is CN1C(=O)C(CC=Cc2ccccc2)(n2cccn2)C(C)(c2cc(-c3cccc(C#N)c3)cs2)N=C1N. The van der Waals surface area contributed by atoms with E-state index in [1.54, 1.807) is 24.0 Å². The van der Waals surface area contributed by atoms with Crippen LogP contribution in [0.3, 0.4) is 0 Å². The molecule has 4 aromatic rings. The molecule has 7 nitrogen and oxygen atoms in total. The molecule has 184 valence electrons. The van der Waals surface area contributed by atoms with Crippen LogP contribution < -0.4 is 5.73 Å². The Kier molecular flexibility index (Phi) is 6.24. The Morgan fingerprint density at radius 3 is 2.65 bits per heavy atom. The Labute approximate surface area is 219 Å². The maximum Gasteiger partial charge on any atom is 0.260 e. The highest BCUT2D eigenvalue weighted by atomic mass is 32.1. The second-order valence-electron chi connectivity index (χ2n) is 9.13. The van der Waals surface area contributed by atoms with Gasteiger partial charge in [0.15, 0.2) is 11.5 Å². The maximum atomic E-state index is 14.2. The average Bonchev–Trinajstić information content (AvgIpc) is 3.64. The van der Waals surface area contributed by atoms with E-state index in [2.05, 4.69) is 11.2 Å². The van der Waals surface area contributed by atoms with Gasteiger partial charge in [0.25, 0.3) is 5.91 Å². The summed E-state index contributed by atoms with van der Waals surface area (Å²) in [4.78, 5) is 21.4. The molecule has 2 aromatic heterocycles. The van der Waals surface area contributed by atoms with Gasteiger partial charge in [0, 0.05) is 30.7 Å². The van der Waals surface area contributed by atoms with Crippen molar-refractivity contribution in [1.29, 1.82) is 5.26 Å². The Morgan fingerprint density at radius 2 is 1.92 bits per heavy atom. The normalized spacial score (nSPS) is 21.7. The predicted molar refractivity (Wildman–Crippen MR) is 147 cm³/mol. The Morgan fingerprint density at radius 1 is 1.11 bits per heavy atom. The number of nitrogens with two attached hydrogens (primary N) is 1. The molecular formula is C29H26N6OS. The van der Waals surface area contributed by atoms with E-state index in [0.29, 0.717) is 12.0 Å². The number of carbonyl (C=O) groups excluding carboxylic acids is 1. The zero-order valence-corrected chi connectivity index (χ0v) is 21.4. The number of rotatable bonds is 6. The zero-order valence-electron chi connectivity index (χ0n) is 20.6. The summed E-state index contributed by atoms with van der Waals surface area (Å²) in [5.41, 5.74) is 7.56. The lowest BCUT2D eigenvalue weighted by atomic mass is 9.72. The third kappa shape index (κ3) is 4.03. The molecule has 0 radical (unpaired) electrons. The van der Waals surface area contributed by atoms with Gasteiger partial charge < -0.3 is 5.73 Å². The minimum atomic E-state index is -1.20. The fraction of sp³-hybridized carbons (Fsp3) is 0.172. The molecule has 2 N–H and O–H groups in total. The fourth-order valence-corrected chi connectivity index (χ4v) is 5.98. The number of aromatic nitrogens is 2. The van der Waals surface area contributed by atoms with Gasteiger partial charge in [0.2, 0.25) is 0 Å². The lowest BCUT2D eigenvalue weighted by molar-refractivity contribution is -0.142. The summed E-state index contributed by atoms with van der Waals surface area (Å²) in [6.45, 7) is 1.95. The number of carbonyl (C=O) groups is 1. The molecule has 2 aromatic carbocycles. The van der Waals surface area contributed by atoms with Gasteiger partial charge in [-0.15, -0.1) is 11.3 Å². The number of nitriles is 1. The van der Waals surface area contributed by atoms with Crippen molar-refractivity contribution in [2.24, 2.45) is 10.7 Å². The van der Waals surface area contributed by atoms with Gasteiger partial charge in [-0.2, -0.15) is 10.4 Å². The molecule has 2 unspecified atom stereocenters. The first-order valence-corrected chi connectivity index (χ1v) is 12.7. The van der Waals surface area contributed by atoms with Gasteiger partial charge >= 0.3 is 0 Å². The molecule has 0 fully saturated rings. The van der Waals surface area contributed by atoms with Crippen LogP contribution in [0.4, 0.5) is 0 Å². The van der Waals surface area contributed by atoms with Crippen LogP contribution in [0.15, 0.2) is 95.6 Å². The minimum absolute atomic E-state index is 0.156. The van der Waals surface area contributed by atoms with Crippen molar-refractivity contribution >= 4 is 29.3 Å². The monoisotopic (exact) mass is 506 g/mol. The molecular weight excluding hydrogens is 480 g/mol. The number of likely N-dealkylation sites (N-methyl/N-ethyl adjacent to an activating group) is 1.